The molecule has 0 N–H and O–H groups in total. The van der Waals surface area contributed by atoms with Gasteiger partial charge in [0.15, 0.2) is 5.78 Å². The number of ketones is 2. The molecule has 1 aliphatic carbocycles. The summed E-state index contributed by atoms with van der Waals surface area (Å²) in [4.78, 5) is 36.8. The third kappa shape index (κ3) is 3.40. The van der Waals surface area contributed by atoms with E-state index in [1.165, 1.54) is 6.92 Å². The lowest BCUT2D eigenvalue weighted by molar-refractivity contribution is -0.173. The van der Waals surface area contributed by atoms with Crippen LogP contribution in [-0.2, 0) is 23.9 Å². The number of hydrogen-bond donors (Lipinski definition) is 0. The van der Waals surface area contributed by atoms with E-state index in [-0.39, 0.29) is 35.5 Å². The van der Waals surface area contributed by atoms with Gasteiger partial charge in [-0.3, -0.25) is 14.4 Å². The Balaban J connectivity index is 2.02. The van der Waals surface area contributed by atoms with Gasteiger partial charge in [-0.2, -0.15) is 0 Å². The smallest absolute Gasteiger partial charge is 0.303 e. The van der Waals surface area contributed by atoms with Crippen molar-refractivity contribution in [3.63, 3.8) is 0 Å². The zero-order valence-corrected chi connectivity index (χ0v) is 15.7. The number of esters is 1. The number of Topliss-reactive ketones (excluding diaryl/α,β-unsaturated/α-hetero) is 2. The zero-order chi connectivity index (χ0) is 18.4. The summed E-state index contributed by atoms with van der Waals surface area (Å²) in [5.41, 5.74) is -0.666. The summed E-state index contributed by atoms with van der Waals surface area (Å²) >= 11 is 0. The molecule has 0 aromatic heterocycles. The summed E-state index contributed by atoms with van der Waals surface area (Å²) in [6.07, 6.45) is 2.68. The third-order valence-corrected chi connectivity index (χ3v) is 6.52. The van der Waals surface area contributed by atoms with E-state index in [2.05, 4.69) is 13.8 Å². The van der Waals surface area contributed by atoms with Crippen molar-refractivity contribution in [2.45, 2.75) is 84.0 Å². The van der Waals surface area contributed by atoms with E-state index in [9.17, 15) is 14.4 Å². The Labute approximate surface area is 149 Å². The monoisotopic (exact) mass is 350 g/mol. The Morgan fingerprint density at radius 2 is 2.00 bits per heavy atom. The van der Waals surface area contributed by atoms with Crippen molar-refractivity contribution >= 4 is 17.5 Å². The van der Waals surface area contributed by atoms with Crippen LogP contribution < -0.4 is 0 Å². The first kappa shape index (κ1) is 18.6. The number of hydrogen-bond acceptors (Lipinski definition) is 5. The Hall–Kier alpha value is -1.23. The highest BCUT2D eigenvalue weighted by atomic mass is 16.6. The van der Waals surface area contributed by atoms with Crippen LogP contribution in [0, 0.1) is 23.7 Å². The molecule has 1 saturated carbocycles. The SMILES string of the molecule is CC(=O)O[C@]1(C)CC[C@H](C(C)C)[C@@H]2[C@H]1[C@H]1CC(=O)CCCC(=O)[C@H]2O1. The fraction of sp³-hybridized carbons (Fsp3) is 0.850. The van der Waals surface area contributed by atoms with Gasteiger partial charge in [0.05, 0.1) is 6.10 Å². The molecule has 6 atom stereocenters. The van der Waals surface area contributed by atoms with Crippen molar-refractivity contribution in [2.24, 2.45) is 23.7 Å². The van der Waals surface area contributed by atoms with E-state index in [1.54, 1.807) is 0 Å². The highest BCUT2D eigenvalue weighted by molar-refractivity contribution is 5.86. The highest BCUT2D eigenvalue weighted by Gasteiger charge is 2.61. The van der Waals surface area contributed by atoms with Gasteiger partial charge in [0.1, 0.15) is 17.5 Å². The average Bonchev–Trinajstić information content (AvgIpc) is 2.88. The number of carbonyl (C=O) groups is 3. The second kappa shape index (κ2) is 6.82. The lowest BCUT2D eigenvalue weighted by Crippen LogP contribution is -2.53. The lowest BCUT2D eigenvalue weighted by Gasteiger charge is -2.48. The molecule has 0 spiro atoms. The Morgan fingerprint density at radius 1 is 1.28 bits per heavy atom. The van der Waals surface area contributed by atoms with Gasteiger partial charge in [0.2, 0.25) is 0 Å². The predicted octanol–water partition coefficient (Wildman–Crippen LogP) is 3.09. The Kier molecular flexibility index (Phi) is 5.06. The van der Waals surface area contributed by atoms with Gasteiger partial charge in [0.25, 0.3) is 0 Å². The van der Waals surface area contributed by atoms with Crippen molar-refractivity contribution in [2.75, 3.05) is 0 Å². The molecule has 140 valence electrons. The van der Waals surface area contributed by atoms with Gasteiger partial charge in [-0.1, -0.05) is 13.8 Å². The minimum absolute atomic E-state index is 0.0292. The molecule has 2 aliphatic heterocycles. The molecule has 3 aliphatic rings. The zero-order valence-electron chi connectivity index (χ0n) is 15.7. The molecule has 2 bridgehead atoms. The van der Waals surface area contributed by atoms with E-state index < -0.39 is 11.7 Å². The summed E-state index contributed by atoms with van der Waals surface area (Å²) in [6, 6.07) is 0. The maximum atomic E-state index is 12.8. The van der Waals surface area contributed by atoms with Crippen LogP contribution in [0.3, 0.4) is 0 Å². The molecule has 5 heteroatoms. The first-order valence-corrected chi connectivity index (χ1v) is 9.62. The van der Waals surface area contributed by atoms with Gasteiger partial charge < -0.3 is 9.47 Å². The summed E-state index contributed by atoms with van der Waals surface area (Å²) < 4.78 is 12.0. The van der Waals surface area contributed by atoms with E-state index in [0.717, 1.165) is 12.8 Å². The first-order valence-electron chi connectivity index (χ1n) is 9.62. The van der Waals surface area contributed by atoms with Gasteiger partial charge in [-0.05, 0) is 38.0 Å². The third-order valence-electron chi connectivity index (χ3n) is 6.52. The molecule has 25 heavy (non-hydrogen) atoms. The van der Waals surface area contributed by atoms with Crippen LogP contribution in [0.4, 0.5) is 0 Å². The average molecular weight is 350 g/mol. The maximum Gasteiger partial charge on any atom is 0.303 e. The molecule has 0 aromatic rings. The minimum Gasteiger partial charge on any atom is -0.459 e. The maximum absolute atomic E-state index is 12.8. The molecular formula is C20H30O5. The van der Waals surface area contributed by atoms with Gasteiger partial charge in [-0.15, -0.1) is 0 Å². The van der Waals surface area contributed by atoms with Crippen LogP contribution in [-0.4, -0.2) is 35.3 Å². The van der Waals surface area contributed by atoms with Crippen molar-refractivity contribution in [1.29, 1.82) is 0 Å². The number of fused-ring (bicyclic) bond motifs is 5. The predicted molar refractivity (Wildman–Crippen MR) is 91.9 cm³/mol. The summed E-state index contributed by atoms with van der Waals surface area (Å²) in [7, 11) is 0. The molecule has 3 rings (SSSR count). The van der Waals surface area contributed by atoms with Crippen LogP contribution in [0.2, 0.25) is 0 Å². The normalized spacial score (nSPS) is 41.7. The second-order valence-corrected chi connectivity index (χ2v) is 8.61. The van der Waals surface area contributed by atoms with Crippen LogP contribution in [0.15, 0.2) is 0 Å². The molecule has 3 fully saturated rings. The number of carbonyl (C=O) groups excluding carboxylic acids is 3. The van der Waals surface area contributed by atoms with Gasteiger partial charge >= 0.3 is 5.97 Å². The molecular weight excluding hydrogens is 320 g/mol. The van der Waals surface area contributed by atoms with Crippen molar-refractivity contribution in [1.82, 2.24) is 0 Å². The quantitative estimate of drug-likeness (QED) is 0.716. The van der Waals surface area contributed by atoms with Crippen LogP contribution in [0.1, 0.15) is 66.2 Å². The summed E-state index contributed by atoms with van der Waals surface area (Å²) in [6.45, 7) is 7.75. The second-order valence-electron chi connectivity index (χ2n) is 8.61. The highest BCUT2D eigenvalue weighted by Crippen LogP contribution is 2.55. The van der Waals surface area contributed by atoms with E-state index in [4.69, 9.17) is 9.47 Å². The van der Waals surface area contributed by atoms with Crippen LogP contribution in [0.25, 0.3) is 0 Å². The largest absolute Gasteiger partial charge is 0.459 e. The lowest BCUT2D eigenvalue weighted by atomic mass is 9.59. The molecule has 2 saturated heterocycles. The molecule has 0 unspecified atom stereocenters. The standard InChI is InChI=1S/C20H30O5/c1-11(2)14-8-9-20(4,25-12(3)21)18-16-10-13(22)6-5-7-15(23)19(24-16)17(14)18/h11,14,16-19H,5-10H2,1-4H3/t14-,16-,17-,18-,19-,20-/m1/s1. The Bertz CT molecular complexity index is 568. The van der Waals surface area contributed by atoms with Crippen molar-refractivity contribution in [3.8, 4) is 0 Å². The number of ether oxygens (including phenoxy) is 2. The van der Waals surface area contributed by atoms with Crippen LogP contribution >= 0.6 is 0 Å². The van der Waals surface area contributed by atoms with Crippen molar-refractivity contribution < 1.29 is 23.9 Å². The van der Waals surface area contributed by atoms with E-state index in [1.807, 2.05) is 6.92 Å². The van der Waals surface area contributed by atoms with E-state index in [0.29, 0.717) is 37.5 Å². The van der Waals surface area contributed by atoms with E-state index >= 15 is 0 Å². The minimum atomic E-state index is -0.666. The summed E-state index contributed by atoms with van der Waals surface area (Å²) in [5, 5.41) is 0. The topological polar surface area (TPSA) is 69.7 Å². The Morgan fingerprint density at radius 3 is 2.64 bits per heavy atom. The molecule has 0 amide bonds. The molecule has 0 radical (unpaired) electrons. The fourth-order valence-electron chi connectivity index (χ4n) is 5.52. The fourth-order valence-corrected chi connectivity index (χ4v) is 5.52. The molecule has 5 nitrogen and oxygen atoms in total. The first-order chi connectivity index (χ1) is 11.7. The molecule has 0 aromatic carbocycles. The number of rotatable bonds is 2. The summed E-state index contributed by atoms with van der Waals surface area (Å²) in [5.74, 6) is 0.667. The van der Waals surface area contributed by atoms with Crippen LogP contribution in [0.5, 0.6) is 0 Å². The van der Waals surface area contributed by atoms with Gasteiger partial charge in [-0.25, -0.2) is 0 Å². The van der Waals surface area contributed by atoms with Crippen molar-refractivity contribution in [3.05, 3.63) is 0 Å². The van der Waals surface area contributed by atoms with Gasteiger partial charge in [0, 0.05) is 38.0 Å². The molecule has 2 heterocycles.